The number of rotatable bonds is 4. The second-order valence-electron chi connectivity index (χ2n) is 2.61. The van der Waals surface area contributed by atoms with Crippen LogP contribution in [0.4, 0.5) is 0 Å². The molecule has 0 saturated carbocycles. The molecule has 0 heterocycles. The molecule has 4 nitrogen and oxygen atoms in total. The van der Waals surface area contributed by atoms with Crippen molar-refractivity contribution in [1.29, 1.82) is 0 Å². The van der Waals surface area contributed by atoms with E-state index < -0.39 is 0 Å². The zero-order chi connectivity index (χ0) is 10.4. The monoisotopic (exact) mass is 257 g/mol. The van der Waals surface area contributed by atoms with Crippen LogP contribution in [0.3, 0.4) is 0 Å². The van der Waals surface area contributed by atoms with Crippen LogP contribution in [-0.4, -0.2) is 19.1 Å². The molecular weight excluding hydrogens is 246 g/mol. The standard InChI is InChI=1S/C9H12BrN3O/c10-7-1-3-8(4-2-7)14-6-5-13-9(11)12/h1-4H,5-6H2,(H4,11,12,13). The van der Waals surface area contributed by atoms with Gasteiger partial charge in [-0.15, -0.1) is 0 Å². The van der Waals surface area contributed by atoms with Crippen molar-refractivity contribution in [3.05, 3.63) is 28.7 Å². The van der Waals surface area contributed by atoms with E-state index in [9.17, 15) is 0 Å². The molecule has 0 radical (unpaired) electrons. The van der Waals surface area contributed by atoms with Crippen molar-refractivity contribution >= 4 is 21.9 Å². The lowest BCUT2D eigenvalue weighted by atomic mass is 10.3. The van der Waals surface area contributed by atoms with Gasteiger partial charge in [0.2, 0.25) is 0 Å². The van der Waals surface area contributed by atoms with Gasteiger partial charge in [0.05, 0.1) is 6.54 Å². The molecule has 0 amide bonds. The first kappa shape index (κ1) is 10.8. The molecule has 0 aliphatic rings. The minimum Gasteiger partial charge on any atom is -0.492 e. The summed E-state index contributed by atoms with van der Waals surface area (Å²) < 4.78 is 6.39. The predicted molar refractivity (Wildman–Crippen MR) is 60.3 cm³/mol. The molecule has 1 rings (SSSR count). The Morgan fingerprint density at radius 1 is 1.29 bits per heavy atom. The summed E-state index contributed by atoms with van der Waals surface area (Å²) in [6.45, 7) is 0.942. The Kier molecular flexibility index (Phi) is 4.25. The Morgan fingerprint density at radius 3 is 2.50 bits per heavy atom. The SMILES string of the molecule is NC(N)=NCCOc1ccc(Br)cc1. The average Bonchev–Trinajstić information content (AvgIpc) is 2.15. The van der Waals surface area contributed by atoms with Crippen LogP contribution in [0.5, 0.6) is 5.75 Å². The molecule has 5 heteroatoms. The molecule has 14 heavy (non-hydrogen) atoms. The Hall–Kier alpha value is -1.23. The highest BCUT2D eigenvalue weighted by atomic mass is 79.9. The Balaban J connectivity index is 2.32. The van der Waals surface area contributed by atoms with Crippen molar-refractivity contribution in [1.82, 2.24) is 0 Å². The number of nitrogens with two attached hydrogens (primary N) is 2. The van der Waals surface area contributed by atoms with E-state index in [-0.39, 0.29) is 5.96 Å². The zero-order valence-corrected chi connectivity index (χ0v) is 9.20. The molecule has 0 atom stereocenters. The van der Waals surface area contributed by atoms with Gasteiger partial charge in [0, 0.05) is 4.47 Å². The number of nitrogens with zero attached hydrogens (tertiary/aromatic N) is 1. The van der Waals surface area contributed by atoms with Gasteiger partial charge in [-0.2, -0.15) is 0 Å². The van der Waals surface area contributed by atoms with Crippen molar-refractivity contribution < 1.29 is 4.74 Å². The quantitative estimate of drug-likeness (QED) is 0.482. The molecule has 0 bridgehead atoms. The van der Waals surface area contributed by atoms with E-state index in [1.807, 2.05) is 24.3 Å². The lowest BCUT2D eigenvalue weighted by molar-refractivity contribution is 0.328. The van der Waals surface area contributed by atoms with Crippen molar-refractivity contribution in [2.45, 2.75) is 0 Å². The summed E-state index contributed by atoms with van der Waals surface area (Å²) >= 11 is 3.34. The van der Waals surface area contributed by atoms with Gasteiger partial charge in [0.1, 0.15) is 12.4 Å². The van der Waals surface area contributed by atoms with E-state index >= 15 is 0 Å². The van der Waals surface area contributed by atoms with Gasteiger partial charge in [-0.1, -0.05) is 15.9 Å². The van der Waals surface area contributed by atoms with Crippen molar-refractivity contribution in [3.8, 4) is 5.75 Å². The maximum Gasteiger partial charge on any atom is 0.186 e. The Bertz CT molecular complexity index is 306. The highest BCUT2D eigenvalue weighted by Gasteiger charge is 1.92. The summed E-state index contributed by atoms with van der Waals surface area (Å²) in [4.78, 5) is 3.80. The second-order valence-corrected chi connectivity index (χ2v) is 3.52. The topological polar surface area (TPSA) is 73.6 Å². The summed E-state index contributed by atoms with van der Waals surface area (Å²) in [5, 5.41) is 0. The van der Waals surface area contributed by atoms with Crippen molar-refractivity contribution in [2.24, 2.45) is 16.5 Å². The van der Waals surface area contributed by atoms with E-state index in [1.54, 1.807) is 0 Å². The maximum absolute atomic E-state index is 5.37. The van der Waals surface area contributed by atoms with Crippen LogP contribution >= 0.6 is 15.9 Å². The van der Waals surface area contributed by atoms with Gasteiger partial charge < -0.3 is 16.2 Å². The molecule has 0 unspecified atom stereocenters. The molecule has 0 aromatic heterocycles. The van der Waals surface area contributed by atoms with Gasteiger partial charge >= 0.3 is 0 Å². The van der Waals surface area contributed by atoms with Crippen LogP contribution in [0.25, 0.3) is 0 Å². The summed E-state index contributed by atoms with van der Waals surface area (Å²) in [6, 6.07) is 7.57. The summed E-state index contributed by atoms with van der Waals surface area (Å²) in [7, 11) is 0. The fourth-order valence-corrected chi connectivity index (χ4v) is 1.13. The first-order chi connectivity index (χ1) is 6.68. The fourth-order valence-electron chi connectivity index (χ4n) is 0.869. The zero-order valence-electron chi connectivity index (χ0n) is 7.61. The summed E-state index contributed by atoms with van der Waals surface area (Å²) in [6.07, 6.45) is 0. The van der Waals surface area contributed by atoms with Crippen molar-refractivity contribution in [2.75, 3.05) is 13.2 Å². The third-order valence-corrected chi connectivity index (χ3v) is 2.00. The summed E-state index contributed by atoms with van der Waals surface area (Å²) in [5.41, 5.74) is 10.3. The number of ether oxygens (including phenoxy) is 1. The normalized spacial score (nSPS) is 9.50. The fraction of sp³-hybridized carbons (Fsp3) is 0.222. The lowest BCUT2D eigenvalue weighted by Crippen LogP contribution is -2.23. The van der Waals surface area contributed by atoms with Gasteiger partial charge in [0.15, 0.2) is 5.96 Å². The number of aliphatic imine (C=N–C) groups is 1. The molecule has 4 N–H and O–H groups in total. The molecule has 0 aliphatic carbocycles. The van der Waals surface area contributed by atoms with Crippen LogP contribution in [0.15, 0.2) is 33.7 Å². The third-order valence-electron chi connectivity index (χ3n) is 1.47. The lowest BCUT2D eigenvalue weighted by Gasteiger charge is -2.03. The van der Waals surface area contributed by atoms with Crippen LogP contribution in [0.2, 0.25) is 0 Å². The highest BCUT2D eigenvalue weighted by Crippen LogP contribution is 2.15. The molecule has 1 aromatic carbocycles. The third kappa shape index (κ3) is 4.13. The molecular formula is C9H12BrN3O. The molecule has 0 fully saturated rings. The van der Waals surface area contributed by atoms with E-state index in [4.69, 9.17) is 16.2 Å². The van der Waals surface area contributed by atoms with Gasteiger partial charge in [-0.3, -0.25) is 4.99 Å². The van der Waals surface area contributed by atoms with Crippen molar-refractivity contribution in [3.63, 3.8) is 0 Å². The van der Waals surface area contributed by atoms with Crippen LogP contribution in [0.1, 0.15) is 0 Å². The second kappa shape index (κ2) is 5.49. The number of halogens is 1. The first-order valence-corrected chi connectivity index (χ1v) is 4.91. The molecule has 0 spiro atoms. The van der Waals surface area contributed by atoms with Crippen LogP contribution in [-0.2, 0) is 0 Å². The number of hydrogen-bond donors (Lipinski definition) is 2. The number of hydrogen-bond acceptors (Lipinski definition) is 2. The Labute approximate surface area is 91.1 Å². The average molecular weight is 258 g/mol. The largest absolute Gasteiger partial charge is 0.492 e. The molecule has 0 saturated heterocycles. The Morgan fingerprint density at radius 2 is 1.93 bits per heavy atom. The minimum atomic E-state index is 0.0874. The van der Waals surface area contributed by atoms with E-state index in [2.05, 4.69) is 20.9 Å². The van der Waals surface area contributed by atoms with Gasteiger partial charge in [0.25, 0.3) is 0 Å². The van der Waals surface area contributed by atoms with E-state index in [0.717, 1.165) is 10.2 Å². The van der Waals surface area contributed by atoms with E-state index in [0.29, 0.717) is 13.2 Å². The number of guanidine groups is 1. The molecule has 76 valence electrons. The predicted octanol–water partition coefficient (Wildman–Crippen LogP) is 1.10. The van der Waals surface area contributed by atoms with Crippen LogP contribution < -0.4 is 16.2 Å². The van der Waals surface area contributed by atoms with Gasteiger partial charge in [-0.25, -0.2) is 0 Å². The van der Waals surface area contributed by atoms with E-state index in [1.165, 1.54) is 0 Å². The summed E-state index contributed by atoms with van der Waals surface area (Å²) in [5.74, 6) is 0.892. The maximum atomic E-state index is 5.37. The smallest absolute Gasteiger partial charge is 0.186 e. The highest BCUT2D eigenvalue weighted by molar-refractivity contribution is 9.10. The molecule has 1 aromatic rings. The molecule has 0 aliphatic heterocycles. The minimum absolute atomic E-state index is 0.0874. The first-order valence-electron chi connectivity index (χ1n) is 4.12. The number of benzene rings is 1. The van der Waals surface area contributed by atoms with Gasteiger partial charge in [-0.05, 0) is 24.3 Å². The van der Waals surface area contributed by atoms with Crippen LogP contribution in [0, 0.1) is 0 Å².